The second-order valence-electron chi connectivity index (χ2n) is 6.10. The molecule has 0 bridgehead atoms. The van der Waals surface area contributed by atoms with E-state index in [1.807, 2.05) is 5.32 Å². The van der Waals surface area contributed by atoms with Gasteiger partial charge in [0.25, 0.3) is 17.0 Å². The SMILES string of the molecule is CCOC(=O)N[C@]1(C(F)(F)F)C(=O)Nc2c1c(=O)[nH]c(=O)n2Cc1ccccc1. The first-order valence-corrected chi connectivity index (χ1v) is 8.36. The van der Waals surface area contributed by atoms with Gasteiger partial charge in [0.05, 0.1) is 13.2 Å². The van der Waals surface area contributed by atoms with Crippen LogP contribution in [-0.2, 0) is 21.6 Å². The number of rotatable bonds is 4. The van der Waals surface area contributed by atoms with E-state index in [0.29, 0.717) is 5.56 Å². The number of carbonyl (C=O) groups excluding carboxylic acids is 2. The van der Waals surface area contributed by atoms with E-state index >= 15 is 0 Å². The Morgan fingerprint density at radius 1 is 1.21 bits per heavy atom. The summed E-state index contributed by atoms with van der Waals surface area (Å²) in [7, 11) is 0. The summed E-state index contributed by atoms with van der Waals surface area (Å²) in [4.78, 5) is 50.6. The summed E-state index contributed by atoms with van der Waals surface area (Å²) < 4.78 is 47.3. The molecule has 12 heteroatoms. The molecule has 0 unspecified atom stereocenters. The fraction of sp³-hybridized carbons (Fsp3) is 0.294. The number of benzene rings is 1. The molecule has 1 aromatic carbocycles. The molecule has 0 fully saturated rings. The Hall–Kier alpha value is -3.57. The van der Waals surface area contributed by atoms with Gasteiger partial charge >= 0.3 is 18.0 Å². The summed E-state index contributed by atoms with van der Waals surface area (Å²) in [5.74, 6) is -2.38. The predicted molar refractivity (Wildman–Crippen MR) is 93.4 cm³/mol. The standard InChI is InChI=1S/C17H15F3N4O5/c1-2-29-15(28)23-16(17(18,19)20)10-11(21-13(16)26)24(14(27)22-12(10)25)8-9-6-4-3-5-7-9/h3-7H,2,8H2,1H3,(H,21,26)(H,23,28)(H,22,25,27)/t16-/m0/s1. The van der Waals surface area contributed by atoms with Crippen molar-refractivity contribution >= 4 is 17.8 Å². The summed E-state index contributed by atoms with van der Waals surface area (Å²) >= 11 is 0. The van der Waals surface area contributed by atoms with Gasteiger partial charge in [-0.15, -0.1) is 0 Å². The van der Waals surface area contributed by atoms with Crippen LogP contribution >= 0.6 is 0 Å². The molecule has 29 heavy (non-hydrogen) atoms. The molecule has 0 aliphatic carbocycles. The number of hydrogen-bond acceptors (Lipinski definition) is 5. The molecular formula is C17H15F3N4O5. The molecule has 2 aromatic rings. The van der Waals surface area contributed by atoms with E-state index in [1.165, 1.54) is 12.2 Å². The summed E-state index contributed by atoms with van der Waals surface area (Å²) in [6.45, 7) is 0.858. The predicted octanol–water partition coefficient (Wildman–Crippen LogP) is 1.04. The molecule has 1 aliphatic heterocycles. The van der Waals surface area contributed by atoms with Crippen molar-refractivity contribution < 1.29 is 27.5 Å². The molecule has 154 valence electrons. The highest BCUT2D eigenvalue weighted by atomic mass is 19.4. The number of aromatic nitrogens is 2. The molecular weight excluding hydrogens is 397 g/mol. The number of carbonyl (C=O) groups is 2. The third-order valence-electron chi connectivity index (χ3n) is 4.32. The maximum absolute atomic E-state index is 14.0. The van der Waals surface area contributed by atoms with Crippen molar-refractivity contribution in [3.63, 3.8) is 0 Å². The Morgan fingerprint density at radius 3 is 2.45 bits per heavy atom. The van der Waals surface area contributed by atoms with Crippen LogP contribution in [0.3, 0.4) is 0 Å². The van der Waals surface area contributed by atoms with Crippen LogP contribution in [0.2, 0.25) is 0 Å². The second-order valence-corrected chi connectivity index (χ2v) is 6.10. The molecule has 1 atom stereocenters. The zero-order valence-corrected chi connectivity index (χ0v) is 14.9. The number of nitrogens with zero attached hydrogens (tertiary/aromatic N) is 1. The number of alkyl carbamates (subject to hydrolysis) is 1. The molecule has 3 rings (SSSR count). The summed E-state index contributed by atoms with van der Waals surface area (Å²) in [6, 6.07) is 8.20. The van der Waals surface area contributed by atoms with Gasteiger partial charge in [0.2, 0.25) is 0 Å². The smallest absolute Gasteiger partial charge is 0.425 e. The molecule has 2 heterocycles. The summed E-state index contributed by atoms with van der Waals surface area (Å²) in [6.07, 6.45) is -6.95. The van der Waals surface area contributed by atoms with Crippen molar-refractivity contribution in [2.24, 2.45) is 0 Å². The number of amides is 2. The van der Waals surface area contributed by atoms with Crippen molar-refractivity contribution in [3.05, 3.63) is 62.3 Å². The number of H-pyrrole nitrogens is 1. The molecule has 0 radical (unpaired) electrons. The highest BCUT2D eigenvalue weighted by Gasteiger charge is 2.68. The topological polar surface area (TPSA) is 122 Å². The number of nitrogens with one attached hydrogen (secondary N) is 3. The first kappa shape index (κ1) is 20.2. The largest absolute Gasteiger partial charge is 0.450 e. The Morgan fingerprint density at radius 2 is 1.86 bits per heavy atom. The molecule has 1 aliphatic rings. The van der Waals surface area contributed by atoms with Crippen LogP contribution in [0.15, 0.2) is 39.9 Å². The van der Waals surface area contributed by atoms with Crippen LogP contribution in [0.5, 0.6) is 0 Å². The molecule has 9 nitrogen and oxygen atoms in total. The zero-order valence-electron chi connectivity index (χ0n) is 14.9. The van der Waals surface area contributed by atoms with Crippen LogP contribution in [-0.4, -0.2) is 34.3 Å². The third kappa shape index (κ3) is 3.26. The van der Waals surface area contributed by atoms with Gasteiger partial charge < -0.3 is 10.1 Å². The van der Waals surface area contributed by atoms with E-state index in [-0.39, 0.29) is 13.2 Å². The molecule has 2 amide bonds. The Labute approximate surface area is 160 Å². The fourth-order valence-corrected chi connectivity index (χ4v) is 3.06. The van der Waals surface area contributed by atoms with Crippen molar-refractivity contribution in [2.45, 2.75) is 25.2 Å². The maximum Gasteiger partial charge on any atom is 0.425 e. The molecule has 0 spiro atoms. The average Bonchev–Trinajstić information content (AvgIpc) is 2.93. The van der Waals surface area contributed by atoms with Gasteiger partial charge in [-0.2, -0.15) is 13.2 Å². The molecule has 1 aromatic heterocycles. The van der Waals surface area contributed by atoms with E-state index in [9.17, 15) is 32.3 Å². The quantitative estimate of drug-likeness (QED) is 0.693. The Kier molecular flexibility index (Phi) is 4.95. The molecule has 0 saturated heterocycles. The zero-order chi connectivity index (χ0) is 21.4. The van der Waals surface area contributed by atoms with Crippen LogP contribution in [0.4, 0.5) is 23.8 Å². The monoisotopic (exact) mass is 412 g/mol. The Bertz CT molecular complexity index is 1080. The number of halogens is 3. The minimum Gasteiger partial charge on any atom is -0.450 e. The van der Waals surface area contributed by atoms with E-state index < -0.39 is 46.3 Å². The first-order valence-electron chi connectivity index (χ1n) is 8.36. The lowest BCUT2D eigenvalue weighted by atomic mass is 9.92. The normalized spacial score (nSPS) is 18.1. The molecule has 3 N–H and O–H groups in total. The van der Waals surface area contributed by atoms with Gasteiger partial charge in [-0.1, -0.05) is 30.3 Å². The van der Waals surface area contributed by atoms with Gasteiger partial charge in [-0.05, 0) is 12.5 Å². The lowest BCUT2D eigenvalue weighted by Gasteiger charge is -2.29. The van der Waals surface area contributed by atoms with Crippen LogP contribution in [0.25, 0.3) is 0 Å². The average molecular weight is 412 g/mol. The molecule has 0 saturated carbocycles. The summed E-state index contributed by atoms with van der Waals surface area (Å²) in [5.41, 5.74) is -6.80. The minimum atomic E-state index is -5.41. The van der Waals surface area contributed by atoms with Crippen molar-refractivity contribution in [3.8, 4) is 0 Å². The maximum atomic E-state index is 14.0. The van der Waals surface area contributed by atoms with Crippen LogP contribution in [0.1, 0.15) is 18.1 Å². The first-order chi connectivity index (χ1) is 13.6. The van der Waals surface area contributed by atoms with Crippen LogP contribution < -0.4 is 21.9 Å². The number of aromatic amines is 1. The van der Waals surface area contributed by atoms with E-state index in [0.717, 1.165) is 4.57 Å². The minimum absolute atomic E-state index is 0.230. The number of ether oxygens (including phenoxy) is 1. The van der Waals surface area contributed by atoms with E-state index in [2.05, 4.69) is 4.74 Å². The number of alkyl halides is 3. The fourth-order valence-electron chi connectivity index (χ4n) is 3.06. The Balaban J connectivity index is 2.24. The van der Waals surface area contributed by atoms with Crippen LogP contribution in [0, 0.1) is 0 Å². The van der Waals surface area contributed by atoms with Gasteiger partial charge in [0.1, 0.15) is 11.4 Å². The third-order valence-corrected chi connectivity index (χ3v) is 4.32. The van der Waals surface area contributed by atoms with E-state index in [1.54, 1.807) is 35.3 Å². The summed E-state index contributed by atoms with van der Waals surface area (Å²) in [5, 5.41) is 3.38. The second kappa shape index (κ2) is 7.11. The number of fused-ring (bicyclic) bond motifs is 1. The van der Waals surface area contributed by atoms with Crippen molar-refractivity contribution in [2.75, 3.05) is 11.9 Å². The van der Waals surface area contributed by atoms with E-state index in [4.69, 9.17) is 0 Å². The van der Waals surface area contributed by atoms with Gasteiger partial charge in [0.15, 0.2) is 0 Å². The lowest BCUT2D eigenvalue weighted by molar-refractivity contribution is -0.197. The highest BCUT2D eigenvalue weighted by molar-refractivity contribution is 6.07. The number of anilines is 1. The van der Waals surface area contributed by atoms with Gasteiger partial charge in [0, 0.05) is 0 Å². The van der Waals surface area contributed by atoms with Gasteiger partial charge in [-0.25, -0.2) is 9.59 Å². The van der Waals surface area contributed by atoms with Crippen molar-refractivity contribution in [1.29, 1.82) is 0 Å². The van der Waals surface area contributed by atoms with Gasteiger partial charge in [-0.3, -0.25) is 24.5 Å². The van der Waals surface area contributed by atoms with Crippen molar-refractivity contribution in [1.82, 2.24) is 14.9 Å². The highest BCUT2D eigenvalue weighted by Crippen LogP contribution is 2.45. The number of hydrogen-bond donors (Lipinski definition) is 3. The lowest BCUT2D eigenvalue weighted by Crippen LogP contribution is -2.62.